The Morgan fingerprint density at radius 1 is 1.06 bits per heavy atom. The van der Waals surface area contributed by atoms with Crippen molar-refractivity contribution < 1.29 is 4.74 Å². The Morgan fingerprint density at radius 2 is 1.81 bits per heavy atom. The highest BCUT2D eigenvalue weighted by Crippen LogP contribution is 2.70. The number of rotatable bonds is 2. The van der Waals surface area contributed by atoms with Crippen LogP contribution in [0.2, 0.25) is 0 Å². The molecule has 3 aliphatic carbocycles. The van der Waals surface area contributed by atoms with E-state index >= 15 is 0 Å². The van der Waals surface area contributed by atoms with Gasteiger partial charge < -0.3 is 10.5 Å². The molecule has 16 heavy (non-hydrogen) atoms. The van der Waals surface area contributed by atoms with Crippen LogP contribution in [0.3, 0.4) is 0 Å². The van der Waals surface area contributed by atoms with Crippen LogP contribution in [-0.4, -0.2) is 19.3 Å². The highest BCUT2D eigenvalue weighted by molar-refractivity contribution is 5.16. The minimum absolute atomic E-state index is 0.457. The van der Waals surface area contributed by atoms with Crippen LogP contribution < -0.4 is 5.73 Å². The van der Waals surface area contributed by atoms with Gasteiger partial charge in [0.2, 0.25) is 0 Å². The average molecular weight is 221 g/mol. The van der Waals surface area contributed by atoms with E-state index in [-0.39, 0.29) is 0 Å². The zero-order chi connectivity index (χ0) is 10.7. The van der Waals surface area contributed by atoms with E-state index in [1.54, 1.807) is 6.42 Å². The van der Waals surface area contributed by atoms with Crippen LogP contribution in [0.15, 0.2) is 0 Å². The van der Waals surface area contributed by atoms with Crippen molar-refractivity contribution in [2.24, 2.45) is 41.2 Å². The summed E-state index contributed by atoms with van der Waals surface area (Å²) in [5, 5.41) is 0. The normalized spacial score (nSPS) is 56.1. The van der Waals surface area contributed by atoms with E-state index in [4.69, 9.17) is 10.5 Å². The zero-order valence-electron chi connectivity index (χ0n) is 9.98. The molecular weight excluding hydrogens is 198 g/mol. The molecule has 3 saturated carbocycles. The SMILES string of the molecule is NC(C1CCCOC1)C1C2C3CCC(C3)C21. The van der Waals surface area contributed by atoms with Gasteiger partial charge in [-0.05, 0) is 67.6 Å². The van der Waals surface area contributed by atoms with Crippen molar-refractivity contribution >= 4 is 0 Å². The molecule has 0 radical (unpaired) electrons. The van der Waals surface area contributed by atoms with Gasteiger partial charge in [-0.1, -0.05) is 0 Å². The standard InChI is InChI=1S/C14H23NO/c15-14(10-2-1-5-16-7-10)13-11-8-3-4-9(6-8)12(11)13/h8-14H,1-7,15H2. The fourth-order valence-electron chi connectivity index (χ4n) is 5.29. The summed E-state index contributed by atoms with van der Waals surface area (Å²) in [7, 11) is 0. The van der Waals surface area contributed by atoms with Crippen LogP contribution in [-0.2, 0) is 4.74 Å². The van der Waals surface area contributed by atoms with Crippen molar-refractivity contribution in [1.82, 2.24) is 0 Å². The number of hydrogen-bond acceptors (Lipinski definition) is 2. The third-order valence-electron chi connectivity index (χ3n) is 5.98. The van der Waals surface area contributed by atoms with Gasteiger partial charge in [-0.3, -0.25) is 0 Å². The predicted octanol–water partition coefficient (Wildman–Crippen LogP) is 2.03. The Balaban J connectivity index is 1.44. The maximum Gasteiger partial charge on any atom is 0.0509 e. The lowest BCUT2D eigenvalue weighted by molar-refractivity contribution is 0.0394. The first-order valence-corrected chi connectivity index (χ1v) is 7.19. The molecule has 90 valence electrons. The molecule has 2 N–H and O–H groups in total. The Bertz CT molecular complexity index is 270. The first kappa shape index (κ1) is 9.90. The molecule has 1 saturated heterocycles. The van der Waals surface area contributed by atoms with Crippen molar-refractivity contribution in [3.63, 3.8) is 0 Å². The van der Waals surface area contributed by atoms with Crippen molar-refractivity contribution in [2.75, 3.05) is 13.2 Å². The second-order valence-corrected chi connectivity index (χ2v) is 6.62. The van der Waals surface area contributed by atoms with Gasteiger partial charge in [0.15, 0.2) is 0 Å². The van der Waals surface area contributed by atoms with Crippen LogP contribution in [0.25, 0.3) is 0 Å². The van der Waals surface area contributed by atoms with Crippen LogP contribution in [0, 0.1) is 35.5 Å². The van der Waals surface area contributed by atoms with Gasteiger partial charge in [0.05, 0.1) is 6.61 Å². The van der Waals surface area contributed by atoms with E-state index in [0.717, 1.165) is 42.8 Å². The zero-order valence-corrected chi connectivity index (χ0v) is 9.98. The summed E-state index contributed by atoms with van der Waals surface area (Å²) < 4.78 is 5.59. The molecule has 6 unspecified atom stereocenters. The fraction of sp³-hybridized carbons (Fsp3) is 1.00. The molecule has 1 aliphatic heterocycles. The second-order valence-electron chi connectivity index (χ2n) is 6.62. The van der Waals surface area contributed by atoms with Gasteiger partial charge in [0.25, 0.3) is 0 Å². The number of fused-ring (bicyclic) bond motifs is 5. The van der Waals surface area contributed by atoms with E-state index < -0.39 is 0 Å². The van der Waals surface area contributed by atoms with E-state index in [9.17, 15) is 0 Å². The molecule has 4 fully saturated rings. The van der Waals surface area contributed by atoms with Crippen LogP contribution in [0.5, 0.6) is 0 Å². The molecule has 4 rings (SSSR count). The number of nitrogens with two attached hydrogens (primary N) is 1. The molecule has 0 aromatic carbocycles. The summed E-state index contributed by atoms with van der Waals surface area (Å²) in [4.78, 5) is 0. The quantitative estimate of drug-likeness (QED) is 0.774. The Kier molecular flexibility index (Phi) is 2.14. The predicted molar refractivity (Wildman–Crippen MR) is 62.8 cm³/mol. The van der Waals surface area contributed by atoms with E-state index in [1.165, 1.54) is 25.7 Å². The highest BCUT2D eigenvalue weighted by Gasteiger charge is 2.66. The number of ether oxygens (including phenoxy) is 1. The van der Waals surface area contributed by atoms with Crippen molar-refractivity contribution in [3.05, 3.63) is 0 Å². The lowest BCUT2D eigenvalue weighted by atomic mass is 9.86. The summed E-state index contributed by atoms with van der Waals surface area (Å²) >= 11 is 0. The Hall–Kier alpha value is -0.0800. The maximum atomic E-state index is 6.52. The molecule has 2 nitrogen and oxygen atoms in total. The summed E-state index contributed by atoms with van der Waals surface area (Å²) in [6.07, 6.45) is 7.10. The Labute approximate surface area is 97.9 Å². The highest BCUT2D eigenvalue weighted by atomic mass is 16.5. The monoisotopic (exact) mass is 221 g/mol. The maximum absolute atomic E-state index is 6.52. The van der Waals surface area contributed by atoms with Crippen LogP contribution in [0.4, 0.5) is 0 Å². The van der Waals surface area contributed by atoms with Gasteiger partial charge in [0, 0.05) is 12.6 Å². The molecule has 0 spiro atoms. The summed E-state index contributed by atoms with van der Waals surface area (Å²) in [6.45, 7) is 1.90. The van der Waals surface area contributed by atoms with Crippen molar-refractivity contribution in [1.29, 1.82) is 0 Å². The average Bonchev–Trinajstić information content (AvgIpc) is 2.77. The number of hydrogen-bond donors (Lipinski definition) is 1. The topological polar surface area (TPSA) is 35.2 Å². The van der Waals surface area contributed by atoms with Gasteiger partial charge in [-0.2, -0.15) is 0 Å². The first-order valence-electron chi connectivity index (χ1n) is 7.19. The van der Waals surface area contributed by atoms with Crippen LogP contribution in [0.1, 0.15) is 32.1 Å². The minimum Gasteiger partial charge on any atom is -0.381 e. The molecule has 1 heterocycles. The third kappa shape index (κ3) is 1.26. The molecule has 6 atom stereocenters. The van der Waals surface area contributed by atoms with Gasteiger partial charge in [-0.15, -0.1) is 0 Å². The van der Waals surface area contributed by atoms with Crippen LogP contribution >= 0.6 is 0 Å². The largest absolute Gasteiger partial charge is 0.381 e. The third-order valence-corrected chi connectivity index (χ3v) is 5.98. The van der Waals surface area contributed by atoms with Gasteiger partial charge >= 0.3 is 0 Å². The lowest BCUT2D eigenvalue weighted by Crippen LogP contribution is -2.39. The smallest absolute Gasteiger partial charge is 0.0509 e. The summed E-state index contributed by atoms with van der Waals surface area (Å²) in [5.41, 5.74) is 6.52. The summed E-state index contributed by atoms with van der Waals surface area (Å²) in [6, 6.07) is 0.457. The molecular formula is C14H23NO. The summed E-state index contributed by atoms with van der Waals surface area (Å²) in [5.74, 6) is 5.76. The lowest BCUT2D eigenvalue weighted by Gasteiger charge is -2.29. The molecule has 2 heteroatoms. The molecule has 0 aromatic heterocycles. The van der Waals surface area contributed by atoms with Gasteiger partial charge in [-0.25, -0.2) is 0 Å². The fourth-order valence-corrected chi connectivity index (χ4v) is 5.29. The second kappa shape index (κ2) is 3.46. The molecule has 4 aliphatic rings. The molecule has 2 bridgehead atoms. The van der Waals surface area contributed by atoms with E-state index in [0.29, 0.717) is 12.0 Å². The van der Waals surface area contributed by atoms with Crippen molar-refractivity contribution in [2.45, 2.75) is 38.1 Å². The van der Waals surface area contributed by atoms with Crippen molar-refractivity contribution in [3.8, 4) is 0 Å². The molecule has 0 amide bonds. The molecule has 0 aromatic rings. The minimum atomic E-state index is 0.457. The van der Waals surface area contributed by atoms with E-state index in [2.05, 4.69) is 0 Å². The van der Waals surface area contributed by atoms with E-state index in [1.807, 2.05) is 0 Å². The van der Waals surface area contributed by atoms with Gasteiger partial charge in [0.1, 0.15) is 0 Å². The first-order chi connectivity index (χ1) is 7.86. The Morgan fingerprint density at radius 3 is 2.44 bits per heavy atom.